The van der Waals surface area contributed by atoms with E-state index in [0.29, 0.717) is 13.0 Å². The fourth-order valence-corrected chi connectivity index (χ4v) is 3.04. The average Bonchev–Trinajstić information content (AvgIpc) is 3.12. The molecule has 1 amide bonds. The molecule has 0 saturated carbocycles. The maximum atomic E-state index is 11.5. The Morgan fingerprint density at radius 2 is 1.96 bits per heavy atom. The lowest BCUT2D eigenvalue weighted by Crippen LogP contribution is -2.23. The van der Waals surface area contributed by atoms with Crippen molar-refractivity contribution < 1.29 is 4.79 Å². The molecule has 7 nitrogen and oxygen atoms in total. The Kier molecular flexibility index (Phi) is 3.61. The van der Waals surface area contributed by atoms with E-state index in [9.17, 15) is 9.59 Å². The Morgan fingerprint density at radius 1 is 1.16 bits per heavy atom. The van der Waals surface area contributed by atoms with Gasteiger partial charge >= 0.3 is 5.69 Å². The fourth-order valence-electron chi connectivity index (χ4n) is 3.04. The summed E-state index contributed by atoms with van der Waals surface area (Å²) in [5.41, 5.74) is 4.06. The third-order valence-corrected chi connectivity index (χ3v) is 4.11. The molecule has 4 rings (SSSR count). The van der Waals surface area contributed by atoms with Crippen LogP contribution in [0.25, 0.3) is 27.8 Å². The van der Waals surface area contributed by atoms with E-state index in [1.807, 2.05) is 42.5 Å². The molecule has 0 spiro atoms. The van der Waals surface area contributed by atoms with E-state index in [4.69, 9.17) is 4.98 Å². The highest BCUT2D eigenvalue weighted by atomic mass is 16.1. The second-order valence-electron chi connectivity index (χ2n) is 5.89. The van der Waals surface area contributed by atoms with Gasteiger partial charge in [0.15, 0.2) is 0 Å². The van der Waals surface area contributed by atoms with E-state index in [-0.39, 0.29) is 11.6 Å². The molecule has 0 bridgehead atoms. The lowest BCUT2D eigenvalue weighted by Gasteiger charge is -2.10. The van der Waals surface area contributed by atoms with Gasteiger partial charge in [0.25, 0.3) is 0 Å². The van der Waals surface area contributed by atoms with Gasteiger partial charge in [0, 0.05) is 25.6 Å². The Hall–Kier alpha value is -3.35. The minimum absolute atomic E-state index is 0.0611. The molecule has 0 saturated heterocycles. The molecule has 0 aliphatic carbocycles. The van der Waals surface area contributed by atoms with E-state index in [2.05, 4.69) is 19.9 Å². The summed E-state index contributed by atoms with van der Waals surface area (Å²) in [5, 5.41) is 2.81. The summed E-state index contributed by atoms with van der Waals surface area (Å²) in [6.45, 7) is 2.01. The standard InChI is InChI=1S/C18H17N5O2/c1-11(24)19-9-8-17-20-14-4-2-3-5-16(14)23(17)12-6-7-13-15(10-12)22-18(25)21-13/h2-7,10H,8-9H2,1H3,(H,19,24)(H2,21,22,25). The first-order chi connectivity index (χ1) is 12.1. The first-order valence-corrected chi connectivity index (χ1v) is 8.05. The van der Waals surface area contributed by atoms with E-state index in [1.54, 1.807) is 0 Å². The van der Waals surface area contributed by atoms with Crippen molar-refractivity contribution in [3.63, 3.8) is 0 Å². The number of carbonyl (C=O) groups excluding carboxylic acids is 1. The second-order valence-corrected chi connectivity index (χ2v) is 5.89. The van der Waals surface area contributed by atoms with Crippen LogP contribution in [0.15, 0.2) is 47.3 Å². The highest BCUT2D eigenvalue weighted by Gasteiger charge is 2.13. The third kappa shape index (κ3) is 2.80. The van der Waals surface area contributed by atoms with E-state index in [1.165, 1.54) is 6.92 Å². The van der Waals surface area contributed by atoms with Gasteiger partial charge in [-0.05, 0) is 30.3 Å². The molecule has 126 valence electrons. The number of hydrogen-bond donors (Lipinski definition) is 3. The van der Waals surface area contributed by atoms with Gasteiger partial charge in [0.2, 0.25) is 5.91 Å². The van der Waals surface area contributed by atoms with Gasteiger partial charge in [0.05, 0.1) is 22.1 Å². The number of nitrogens with one attached hydrogen (secondary N) is 3. The minimum atomic E-state index is -0.228. The summed E-state index contributed by atoms with van der Waals surface area (Å²) in [7, 11) is 0. The number of amides is 1. The van der Waals surface area contributed by atoms with E-state index in [0.717, 1.165) is 33.6 Å². The Labute approximate surface area is 142 Å². The number of nitrogens with zero attached hydrogens (tertiary/aromatic N) is 2. The van der Waals surface area contributed by atoms with Crippen LogP contribution >= 0.6 is 0 Å². The van der Waals surface area contributed by atoms with Crippen LogP contribution in [-0.4, -0.2) is 32.0 Å². The predicted molar refractivity (Wildman–Crippen MR) is 95.9 cm³/mol. The highest BCUT2D eigenvalue weighted by molar-refractivity contribution is 5.81. The topological polar surface area (TPSA) is 95.6 Å². The van der Waals surface area contributed by atoms with Crippen molar-refractivity contribution >= 4 is 28.0 Å². The number of aromatic amines is 2. The van der Waals surface area contributed by atoms with E-state index < -0.39 is 0 Å². The summed E-state index contributed by atoms with van der Waals surface area (Å²) >= 11 is 0. The molecule has 25 heavy (non-hydrogen) atoms. The van der Waals surface area contributed by atoms with Crippen LogP contribution in [0.1, 0.15) is 12.7 Å². The molecule has 0 atom stereocenters. The second kappa shape index (κ2) is 5.94. The zero-order valence-corrected chi connectivity index (χ0v) is 13.7. The van der Waals surface area contributed by atoms with Crippen LogP contribution in [0.3, 0.4) is 0 Å². The molecule has 0 aliphatic rings. The lowest BCUT2D eigenvalue weighted by molar-refractivity contribution is -0.118. The van der Waals surface area contributed by atoms with Gasteiger partial charge in [-0.1, -0.05) is 12.1 Å². The summed E-state index contributed by atoms with van der Waals surface area (Å²) in [5.74, 6) is 0.793. The van der Waals surface area contributed by atoms with Crippen molar-refractivity contribution in [2.45, 2.75) is 13.3 Å². The maximum absolute atomic E-state index is 11.5. The Balaban J connectivity index is 1.84. The summed E-state index contributed by atoms with van der Waals surface area (Å²) in [4.78, 5) is 32.9. The van der Waals surface area contributed by atoms with Gasteiger partial charge in [-0.15, -0.1) is 0 Å². The molecule has 0 unspecified atom stereocenters. The normalized spacial score (nSPS) is 11.2. The summed E-state index contributed by atoms with van der Waals surface area (Å²) < 4.78 is 2.06. The molecule has 2 aromatic carbocycles. The van der Waals surface area contributed by atoms with Crippen molar-refractivity contribution in [1.82, 2.24) is 24.8 Å². The molecular weight excluding hydrogens is 318 g/mol. The number of aromatic nitrogens is 4. The molecule has 2 heterocycles. The lowest BCUT2D eigenvalue weighted by atomic mass is 10.2. The van der Waals surface area contributed by atoms with Crippen molar-refractivity contribution in [2.75, 3.05) is 6.54 Å². The fraction of sp³-hybridized carbons (Fsp3) is 0.167. The van der Waals surface area contributed by atoms with Crippen LogP contribution in [0.5, 0.6) is 0 Å². The van der Waals surface area contributed by atoms with Crippen molar-refractivity contribution in [1.29, 1.82) is 0 Å². The number of para-hydroxylation sites is 2. The SMILES string of the molecule is CC(=O)NCCc1nc2ccccc2n1-c1ccc2[nH]c(=O)[nH]c2c1. The Morgan fingerprint density at radius 3 is 2.80 bits per heavy atom. The van der Waals surface area contributed by atoms with Gasteiger partial charge in [-0.25, -0.2) is 9.78 Å². The van der Waals surface area contributed by atoms with Crippen molar-refractivity contribution in [3.05, 3.63) is 58.8 Å². The first kappa shape index (κ1) is 15.2. The zero-order chi connectivity index (χ0) is 17.4. The van der Waals surface area contributed by atoms with Crippen molar-refractivity contribution in [2.24, 2.45) is 0 Å². The largest absolute Gasteiger partial charge is 0.356 e. The van der Waals surface area contributed by atoms with Crippen LogP contribution in [0.4, 0.5) is 0 Å². The number of H-pyrrole nitrogens is 2. The zero-order valence-electron chi connectivity index (χ0n) is 13.7. The maximum Gasteiger partial charge on any atom is 0.323 e. The minimum Gasteiger partial charge on any atom is -0.356 e. The number of imidazole rings is 2. The summed E-state index contributed by atoms with van der Waals surface area (Å²) in [6, 6.07) is 13.6. The highest BCUT2D eigenvalue weighted by Crippen LogP contribution is 2.23. The first-order valence-electron chi connectivity index (χ1n) is 8.05. The molecule has 3 N–H and O–H groups in total. The number of carbonyl (C=O) groups is 1. The van der Waals surface area contributed by atoms with Gasteiger partial charge in [0.1, 0.15) is 5.82 Å². The van der Waals surface area contributed by atoms with Crippen molar-refractivity contribution in [3.8, 4) is 5.69 Å². The third-order valence-electron chi connectivity index (χ3n) is 4.11. The van der Waals surface area contributed by atoms with Gasteiger partial charge < -0.3 is 15.3 Å². The number of fused-ring (bicyclic) bond motifs is 2. The number of rotatable bonds is 4. The van der Waals surface area contributed by atoms with E-state index >= 15 is 0 Å². The monoisotopic (exact) mass is 335 g/mol. The molecule has 0 radical (unpaired) electrons. The molecule has 0 aliphatic heterocycles. The number of benzene rings is 2. The molecular formula is C18H17N5O2. The summed E-state index contributed by atoms with van der Waals surface area (Å²) in [6.07, 6.45) is 0.607. The van der Waals surface area contributed by atoms with Crippen LogP contribution in [0.2, 0.25) is 0 Å². The van der Waals surface area contributed by atoms with Crippen LogP contribution in [0, 0.1) is 0 Å². The molecule has 4 aromatic rings. The predicted octanol–water partition coefficient (Wildman–Crippen LogP) is 1.87. The molecule has 2 aromatic heterocycles. The van der Waals surface area contributed by atoms with Crippen LogP contribution in [-0.2, 0) is 11.2 Å². The number of hydrogen-bond acceptors (Lipinski definition) is 3. The smallest absolute Gasteiger partial charge is 0.323 e. The molecule has 7 heteroatoms. The Bertz CT molecular complexity index is 1140. The quantitative estimate of drug-likeness (QED) is 0.531. The van der Waals surface area contributed by atoms with Gasteiger partial charge in [-0.3, -0.25) is 9.36 Å². The van der Waals surface area contributed by atoms with Gasteiger partial charge in [-0.2, -0.15) is 0 Å². The average molecular weight is 335 g/mol. The van der Waals surface area contributed by atoms with Crippen LogP contribution < -0.4 is 11.0 Å². The molecule has 0 fully saturated rings.